The highest BCUT2D eigenvalue weighted by atomic mass is 16.5. The standard InChI is InChI=1S/C58H76N16O20/c1-57(2,89)47-55(87)93-27-37(67-49(81)35-21-59-33-19-29(91-9)11-13-31(33)65-35)53(85)73-45(39(75)15-17-63-73)51(83)62-24-42(78)70(6)26-44(80)72(8)48(58(3,4)90)56(88)94-28-38(68-50(82)36-22-60-34-20-30(92-10)12-14-32(34)66-36)54(86)74-46(40(76)16-18-64-74)52(84)61-23-41(77)69(5)25-43(79)71(47)7/h11-14,19-22,37-40,45-48,63-64,75-76,89-90H,15-18,23-28H2,1-10H3,(H,61,84)(H,62,83)(H,67,81)(H,68,82)/t37-,38-,39+,40+,45+,46+,47-,48-/m1/s1. The van der Waals surface area contributed by atoms with Crippen LogP contribution in [-0.4, -0.2) is 296 Å². The molecule has 4 aromatic rings. The van der Waals surface area contributed by atoms with Gasteiger partial charge in [0.15, 0.2) is 24.2 Å². The average Bonchev–Trinajstić information content (AvgIpc) is 0.959. The number of benzene rings is 2. The van der Waals surface area contributed by atoms with E-state index in [0.717, 1.165) is 87.9 Å². The van der Waals surface area contributed by atoms with Crippen LogP contribution < -0.4 is 41.6 Å². The molecule has 2 aromatic carbocycles. The number of carbonyl (C=O) groups is 12. The van der Waals surface area contributed by atoms with E-state index < -0.39 is 170 Å². The third kappa shape index (κ3) is 17.0. The molecule has 0 aliphatic carbocycles. The first-order chi connectivity index (χ1) is 44.2. The highest BCUT2D eigenvalue weighted by Crippen LogP contribution is 2.24. The van der Waals surface area contributed by atoms with Crippen molar-refractivity contribution in [2.24, 2.45) is 0 Å². The highest BCUT2D eigenvalue weighted by Gasteiger charge is 2.47. The molecule has 7 rings (SSSR count). The Kier molecular flexibility index (Phi) is 23.0. The van der Waals surface area contributed by atoms with E-state index >= 15 is 0 Å². The molecule has 5 heterocycles. The molecule has 3 aliphatic rings. The number of hydrogen-bond acceptors (Lipinski definition) is 26. The first-order valence-electron chi connectivity index (χ1n) is 29.3. The minimum Gasteiger partial charge on any atom is -0.497 e. The molecule has 94 heavy (non-hydrogen) atoms. The van der Waals surface area contributed by atoms with Crippen molar-refractivity contribution in [2.45, 2.75) is 100 Å². The van der Waals surface area contributed by atoms with E-state index in [1.54, 1.807) is 12.1 Å². The summed E-state index contributed by atoms with van der Waals surface area (Å²) in [7, 11) is 7.30. The Morgan fingerprint density at radius 2 is 0.926 bits per heavy atom. The van der Waals surface area contributed by atoms with E-state index in [-0.39, 0.29) is 48.4 Å². The number of carbonyl (C=O) groups excluding carboxylic acids is 12. The molecular weight excluding hydrogens is 1240 g/mol. The van der Waals surface area contributed by atoms with Gasteiger partial charge in [-0.3, -0.25) is 67.9 Å². The van der Waals surface area contributed by atoms with Gasteiger partial charge in [0.2, 0.25) is 35.4 Å². The van der Waals surface area contributed by atoms with Crippen molar-refractivity contribution in [1.82, 2.24) is 81.7 Å². The lowest BCUT2D eigenvalue weighted by atomic mass is 9.97. The molecule has 10 N–H and O–H groups in total. The van der Waals surface area contributed by atoms with E-state index in [1.807, 2.05) is 0 Å². The van der Waals surface area contributed by atoms with Crippen molar-refractivity contribution in [2.75, 3.05) is 94.9 Å². The second-order valence-electron chi connectivity index (χ2n) is 23.4. The highest BCUT2D eigenvalue weighted by molar-refractivity contribution is 6.01. The molecule has 3 fully saturated rings. The maximum Gasteiger partial charge on any atom is 0.331 e. The predicted molar refractivity (Wildman–Crippen MR) is 322 cm³/mol. The van der Waals surface area contributed by atoms with Crippen LogP contribution in [0.5, 0.6) is 11.5 Å². The number of likely N-dealkylation sites (N-methyl/N-ethyl adjacent to an activating group) is 4. The predicted octanol–water partition coefficient (Wildman–Crippen LogP) is -6.14. The lowest BCUT2D eigenvalue weighted by molar-refractivity contribution is -0.167. The number of ether oxygens (including phenoxy) is 4. The Balaban J connectivity index is 1.21. The zero-order valence-corrected chi connectivity index (χ0v) is 53.1. The van der Waals surface area contributed by atoms with Crippen LogP contribution in [-0.2, 0) is 57.4 Å². The molecular formula is C58H76N16O20. The van der Waals surface area contributed by atoms with Gasteiger partial charge in [0.05, 0.1) is 98.3 Å². The van der Waals surface area contributed by atoms with Crippen LogP contribution in [0, 0.1) is 0 Å². The second-order valence-corrected chi connectivity index (χ2v) is 23.4. The topological polar surface area (TPSA) is 466 Å². The molecule has 508 valence electrons. The normalized spacial score (nSPS) is 24.1. The lowest BCUT2D eigenvalue weighted by Gasteiger charge is -2.40. The zero-order chi connectivity index (χ0) is 69.3. The fourth-order valence-corrected chi connectivity index (χ4v) is 10.4. The number of amides is 10. The van der Waals surface area contributed by atoms with Crippen molar-refractivity contribution in [3.63, 3.8) is 0 Å². The molecule has 0 unspecified atom stereocenters. The number of cyclic esters (lactones) is 2. The minimum atomic E-state index is -2.16. The third-order valence-corrected chi connectivity index (χ3v) is 15.5. The number of esters is 2. The molecule has 36 heteroatoms. The molecule has 3 saturated heterocycles. The molecule has 3 aliphatic heterocycles. The minimum absolute atomic E-state index is 0.155. The number of nitrogens with zero attached hydrogens (tertiary/aromatic N) is 10. The van der Waals surface area contributed by atoms with Gasteiger partial charge in [0, 0.05) is 53.4 Å². The van der Waals surface area contributed by atoms with Crippen LogP contribution in [0.15, 0.2) is 48.8 Å². The first-order valence-corrected chi connectivity index (χ1v) is 29.3. The summed E-state index contributed by atoms with van der Waals surface area (Å²) in [6.07, 6.45) is -1.48. The zero-order valence-electron chi connectivity index (χ0n) is 53.1. The number of hydrazine groups is 2. The Labute approximate surface area is 536 Å². The summed E-state index contributed by atoms with van der Waals surface area (Å²) in [5.74, 6) is -12.7. The number of fused-ring (bicyclic) bond motifs is 4. The molecule has 0 spiro atoms. The largest absolute Gasteiger partial charge is 0.497 e. The fourth-order valence-electron chi connectivity index (χ4n) is 10.4. The Morgan fingerprint density at radius 3 is 1.27 bits per heavy atom. The first kappa shape index (κ1) is 71.6. The molecule has 36 nitrogen and oxygen atoms in total. The quantitative estimate of drug-likeness (QED) is 0.0734. The van der Waals surface area contributed by atoms with Crippen LogP contribution in [0.3, 0.4) is 0 Å². The van der Waals surface area contributed by atoms with Crippen LogP contribution in [0.25, 0.3) is 22.1 Å². The SMILES string of the molecule is COc1ccc2nc(C(=O)N[C@@H]3COC(=O)[C@H](C(C)(C)O)N(C)C(=O)CN(C)C(=O)CNC(=O)[C@@H]4[C@@H](O)CCNN4C(=O)[C@H](NC(=O)c4cnc5cc(OC)ccc5n4)COC(=O)[C@H](C(C)(C)O)N(C)C(=O)CN(C)C(=O)CNC(=O)[C@@H]4[C@@H](O)CCNN4C3=O)cnc2c1. The molecule has 0 bridgehead atoms. The van der Waals surface area contributed by atoms with Gasteiger partial charge in [-0.2, -0.15) is 0 Å². The Hall–Kier alpha value is -9.88. The van der Waals surface area contributed by atoms with Gasteiger partial charge in [0.25, 0.3) is 23.6 Å². The summed E-state index contributed by atoms with van der Waals surface area (Å²) in [6, 6.07) is -2.40. The van der Waals surface area contributed by atoms with Crippen LogP contribution >= 0.6 is 0 Å². The van der Waals surface area contributed by atoms with Crippen LogP contribution in [0.2, 0.25) is 0 Å². The summed E-state index contributed by atoms with van der Waals surface area (Å²) in [4.78, 5) is 190. The van der Waals surface area contributed by atoms with E-state index in [4.69, 9.17) is 18.9 Å². The average molecular weight is 1320 g/mol. The smallest absolute Gasteiger partial charge is 0.331 e. The molecule has 0 saturated carbocycles. The van der Waals surface area contributed by atoms with Crippen LogP contribution in [0.1, 0.15) is 61.5 Å². The molecule has 0 radical (unpaired) electrons. The summed E-state index contributed by atoms with van der Waals surface area (Å²) < 4.78 is 21.7. The number of rotatable bonds is 8. The van der Waals surface area contributed by atoms with Crippen molar-refractivity contribution < 1.29 is 96.9 Å². The fraction of sp³-hybridized carbons (Fsp3) is 0.517. The van der Waals surface area contributed by atoms with Crippen molar-refractivity contribution >= 4 is 93.1 Å². The van der Waals surface area contributed by atoms with Crippen molar-refractivity contribution in [3.8, 4) is 11.5 Å². The van der Waals surface area contributed by atoms with E-state index in [1.165, 1.54) is 38.5 Å². The van der Waals surface area contributed by atoms with Gasteiger partial charge >= 0.3 is 11.9 Å². The number of aromatic nitrogens is 4. The van der Waals surface area contributed by atoms with Gasteiger partial charge in [-0.05, 0) is 64.8 Å². The second kappa shape index (κ2) is 30.3. The van der Waals surface area contributed by atoms with E-state index in [0.29, 0.717) is 32.6 Å². The summed E-state index contributed by atoms with van der Waals surface area (Å²) in [5, 5.41) is 56.2. The van der Waals surface area contributed by atoms with Crippen LogP contribution in [0.4, 0.5) is 0 Å². The Morgan fingerprint density at radius 1 is 0.564 bits per heavy atom. The van der Waals surface area contributed by atoms with Crippen molar-refractivity contribution in [1.29, 1.82) is 0 Å². The van der Waals surface area contributed by atoms with Gasteiger partial charge in [-0.25, -0.2) is 30.4 Å². The maximum atomic E-state index is 14.8. The number of aliphatic hydroxyl groups excluding tert-OH is 2. The monoisotopic (exact) mass is 1320 g/mol. The van der Waals surface area contributed by atoms with E-state index in [9.17, 15) is 78.0 Å². The summed E-state index contributed by atoms with van der Waals surface area (Å²) >= 11 is 0. The number of hydrogen-bond donors (Lipinski definition) is 10. The number of nitrogens with one attached hydrogen (secondary N) is 6. The summed E-state index contributed by atoms with van der Waals surface area (Å²) in [5.41, 5.74) is 1.39. The van der Waals surface area contributed by atoms with Gasteiger partial charge in [0.1, 0.15) is 48.2 Å². The summed E-state index contributed by atoms with van der Waals surface area (Å²) in [6.45, 7) is -1.38. The molecule has 8 atom stereocenters. The van der Waals surface area contributed by atoms with Crippen molar-refractivity contribution in [3.05, 3.63) is 60.2 Å². The van der Waals surface area contributed by atoms with Gasteiger partial charge < -0.3 is 80.2 Å². The maximum absolute atomic E-state index is 14.8. The molecule has 2 aromatic heterocycles. The number of aliphatic hydroxyl groups is 4. The van der Waals surface area contributed by atoms with Gasteiger partial charge in [-0.1, -0.05) is 0 Å². The van der Waals surface area contributed by atoms with Gasteiger partial charge in [-0.15, -0.1) is 0 Å². The molecule has 10 amide bonds. The third-order valence-electron chi connectivity index (χ3n) is 15.5. The van der Waals surface area contributed by atoms with E-state index in [2.05, 4.69) is 52.1 Å². The lowest BCUT2D eigenvalue weighted by Crippen LogP contribution is -2.68. The Bertz CT molecular complexity index is 3360. The number of methoxy groups -OCH3 is 2.